The Morgan fingerprint density at radius 2 is 2.00 bits per heavy atom. The molecule has 1 aliphatic carbocycles. The largest absolute Gasteiger partial charge is 0.396 e. The second kappa shape index (κ2) is 6.54. The molecule has 0 atom stereocenters. The van der Waals surface area contributed by atoms with Crippen molar-refractivity contribution in [1.82, 2.24) is 5.32 Å². The van der Waals surface area contributed by atoms with Gasteiger partial charge in [-0.05, 0) is 31.6 Å². The van der Waals surface area contributed by atoms with Crippen LogP contribution in [0.1, 0.15) is 25.7 Å². The molecular formula is C11H19F2N3O. The first kappa shape index (κ1) is 13.9. The Labute approximate surface area is 99.4 Å². The molecule has 0 heterocycles. The van der Waals surface area contributed by atoms with Crippen molar-refractivity contribution in [2.24, 2.45) is 11.7 Å². The third-order valence-corrected chi connectivity index (χ3v) is 3.11. The number of halogens is 2. The molecule has 5 N–H and O–H groups in total. The van der Waals surface area contributed by atoms with E-state index in [-0.39, 0.29) is 18.3 Å². The van der Waals surface area contributed by atoms with Crippen LogP contribution < -0.4 is 11.1 Å². The molecule has 1 aliphatic rings. The summed E-state index contributed by atoms with van der Waals surface area (Å²) in [5, 5.41) is 18.9. The van der Waals surface area contributed by atoms with Crippen LogP contribution in [0, 0.1) is 11.3 Å². The normalized spacial score (nSPS) is 26.0. The van der Waals surface area contributed by atoms with Gasteiger partial charge in [0.05, 0.1) is 5.70 Å². The Morgan fingerprint density at radius 1 is 1.41 bits per heavy atom. The fourth-order valence-corrected chi connectivity index (χ4v) is 1.92. The van der Waals surface area contributed by atoms with Gasteiger partial charge in [0.15, 0.2) is 0 Å². The molecule has 6 heteroatoms. The predicted octanol–water partition coefficient (Wildman–Crippen LogP) is 1.21. The van der Waals surface area contributed by atoms with Crippen LogP contribution >= 0.6 is 0 Å². The lowest BCUT2D eigenvalue weighted by molar-refractivity contribution is 0.178. The fraction of sp³-hybridized carbons (Fsp3) is 0.727. The van der Waals surface area contributed by atoms with Crippen molar-refractivity contribution in [1.29, 1.82) is 5.41 Å². The van der Waals surface area contributed by atoms with Crippen LogP contribution in [0.2, 0.25) is 0 Å². The lowest BCUT2D eigenvalue weighted by Gasteiger charge is -2.27. The molecule has 17 heavy (non-hydrogen) atoms. The number of alkyl halides is 2. The van der Waals surface area contributed by atoms with Crippen molar-refractivity contribution in [3.63, 3.8) is 0 Å². The molecule has 0 aliphatic heterocycles. The summed E-state index contributed by atoms with van der Waals surface area (Å²) in [5.41, 5.74) is 4.28. The highest BCUT2D eigenvalue weighted by atomic mass is 19.3. The van der Waals surface area contributed by atoms with Gasteiger partial charge in [-0.3, -0.25) is 5.41 Å². The number of aliphatic hydroxyl groups excluding tert-OH is 1. The monoisotopic (exact) mass is 247 g/mol. The maximum atomic E-state index is 12.1. The van der Waals surface area contributed by atoms with Crippen LogP contribution in [-0.2, 0) is 0 Å². The van der Waals surface area contributed by atoms with Crippen molar-refractivity contribution >= 4 is 5.71 Å². The van der Waals surface area contributed by atoms with Crippen LogP contribution in [0.3, 0.4) is 0 Å². The molecule has 0 aromatic heterocycles. The van der Waals surface area contributed by atoms with E-state index >= 15 is 0 Å². The van der Waals surface area contributed by atoms with E-state index in [2.05, 4.69) is 5.32 Å². The average Bonchev–Trinajstić information content (AvgIpc) is 2.35. The van der Waals surface area contributed by atoms with Crippen molar-refractivity contribution in [3.8, 4) is 0 Å². The molecule has 0 aromatic rings. The van der Waals surface area contributed by atoms with Crippen LogP contribution in [0.4, 0.5) is 8.78 Å². The Morgan fingerprint density at radius 3 is 2.47 bits per heavy atom. The van der Waals surface area contributed by atoms with Crippen LogP contribution in [0.15, 0.2) is 11.9 Å². The van der Waals surface area contributed by atoms with Gasteiger partial charge in [-0.25, -0.2) is 8.78 Å². The topological polar surface area (TPSA) is 82.1 Å². The molecule has 0 spiro atoms. The Bertz CT molecular complexity index is 286. The second-order valence-corrected chi connectivity index (χ2v) is 4.38. The molecule has 0 bridgehead atoms. The summed E-state index contributed by atoms with van der Waals surface area (Å²) >= 11 is 0. The minimum Gasteiger partial charge on any atom is -0.396 e. The summed E-state index contributed by atoms with van der Waals surface area (Å²) in [6, 6.07) is 0.196. The summed E-state index contributed by atoms with van der Waals surface area (Å²) in [7, 11) is 0. The molecule has 98 valence electrons. The van der Waals surface area contributed by atoms with Gasteiger partial charge >= 0.3 is 0 Å². The van der Waals surface area contributed by atoms with Gasteiger partial charge in [-0.1, -0.05) is 0 Å². The maximum Gasteiger partial charge on any atom is 0.281 e. The van der Waals surface area contributed by atoms with Gasteiger partial charge in [0.2, 0.25) is 0 Å². The highest BCUT2D eigenvalue weighted by molar-refractivity contribution is 5.99. The van der Waals surface area contributed by atoms with Crippen LogP contribution in [-0.4, -0.2) is 29.9 Å². The Balaban J connectivity index is 2.36. The molecule has 0 saturated heterocycles. The number of nitrogens with one attached hydrogen (secondary N) is 2. The molecular weight excluding hydrogens is 228 g/mol. The summed E-state index contributed by atoms with van der Waals surface area (Å²) in [5.74, 6) is 0.355. The zero-order valence-electron chi connectivity index (χ0n) is 9.63. The molecule has 1 saturated carbocycles. The molecule has 4 nitrogen and oxygen atoms in total. The van der Waals surface area contributed by atoms with Crippen molar-refractivity contribution in [2.75, 3.05) is 6.61 Å². The van der Waals surface area contributed by atoms with Gasteiger partial charge in [-0.2, -0.15) is 0 Å². The first-order chi connectivity index (χ1) is 8.04. The van der Waals surface area contributed by atoms with Gasteiger partial charge in [0, 0.05) is 18.8 Å². The third kappa shape index (κ3) is 4.30. The number of aliphatic hydroxyl groups is 1. The first-order valence-corrected chi connectivity index (χ1v) is 5.74. The van der Waals surface area contributed by atoms with Gasteiger partial charge in [0.1, 0.15) is 5.71 Å². The fourth-order valence-electron chi connectivity index (χ4n) is 1.92. The second-order valence-electron chi connectivity index (χ2n) is 4.38. The lowest BCUT2D eigenvalue weighted by Crippen LogP contribution is -2.32. The van der Waals surface area contributed by atoms with E-state index in [0.29, 0.717) is 5.92 Å². The number of rotatable bonds is 5. The van der Waals surface area contributed by atoms with E-state index in [0.717, 1.165) is 25.7 Å². The van der Waals surface area contributed by atoms with E-state index in [1.807, 2.05) is 0 Å². The van der Waals surface area contributed by atoms with E-state index in [1.165, 1.54) is 6.20 Å². The summed E-state index contributed by atoms with van der Waals surface area (Å²) in [6.45, 7) is 0.209. The number of hydrogen-bond donors (Lipinski definition) is 4. The van der Waals surface area contributed by atoms with Gasteiger partial charge < -0.3 is 16.2 Å². The van der Waals surface area contributed by atoms with Crippen molar-refractivity contribution < 1.29 is 13.9 Å². The molecule has 0 amide bonds. The van der Waals surface area contributed by atoms with E-state index < -0.39 is 12.1 Å². The minimum atomic E-state index is -2.84. The maximum absolute atomic E-state index is 12.1. The van der Waals surface area contributed by atoms with Crippen molar-refractivity contribution in [2.45, 2.75) is 38.2 Å². The zero-order valence-corrected chi connectivity index (χ0v) is 9.63. The molecule has 0 unspecified atom stereocenters. The van der Waals surface area contributed by atoms with Crippen LogP contribution in [0.5, 0.6) is 0 Å². The smallest absolute Gasteiger partial charge is 0.281 e. The summed E-state index contributed by atoms with van der Waals surface area (Å²) in [4.78, 5) is 0. The third-order valence-electron chi connectivity index (χ3n) is 3.11. The number of hydrogen-bond acceptors (Lipinski definition) is 4. The van der Waals surface area contributed by atoms with E-state index in [1.54, 1.807) is 0 Å². The van der Waals surface area contributed by atoms with E-state index in [4.69, 9.17) is 16.2 Å². The lowest BCUT2D eigenvalue weighted by atomic mass is 9.87. The highest BCUT2D eigenvalue weighted by Gasteiger charge is 2.20. The number of nitrogens with two attached hydrogens (primary N) is 1. The summed E-state index contributed by atoms with van der Waals surface area (Å²) < 4.78 is 24.3. The first-order valence-electron chi connectivity index (χ1n) is 5.74. The molecule has 1 fully saturated rings. The zero-order chi connectivity index (χ0) is 12.8. The van der Waals surface area contributed by atoms with E-state index in [9.17, 15) is 8.78 Å². The SMILES string of the molecule is N=C(/C(N)=C\NC1CCC(CO)CC1)C(F)F. The van der Waals surface area contributed by atoms with Crippen molar-refractivity contribution in [3.05, 3.63) is 11.9 Å². The molecule has 0 aromatic carbocycles. The average molecular weight is 247 g/mol. The minimum absolute atomic E-state index is 0.196. The van der Waals surface area contributed by atoms with Crippen LogP contribution in [0.25, 0.3) is 0 Å². The predicted molar refractivity (Wildman–Crippen MR) is 62.0 cm³/mol. The van der Waals surface area contributed by atoms with Gasteiger partial charge in [0.25, 0.3) is 6.43 Å². The highest BCUT2D eigenvalue weighted by Crippen LogP contribution is 2.23. The number of allylic oxidation sites excluding steroid dienone is 1. The molecule has 1 rings (SSSR count). The summed E-state index contributed by atoms with van der Waals surface area (Å²) in [6.07, 6.45) is 2.08. The Kier molecular flexibility index (Phi) is 5.34. The Hall–Kier alpha value is -1.17. The quantitative estimate of drug-likeness (QED) is 0.551. The van der Waals surface area contributed by atoms with Gasteiger partial charge in [-0.15, -0.1) is 0 Å². The standard InChI is InChI=1S/C11H19F2N3O/c12-11(13)10(15)9(14)5-16-8-3-1-7(6-17)2-4-8/h5,7-8,11,15-17H,1-4,6,14H2/b9-5+,15-10?. The molecule has 0 radical (unpaired) electrons.